The molecule has 0 bridgehead atoms. The Balaban J connectivity index is 1.25. The van der Waals surface area contributed by atoms with Gasteiger partial charge < -0.3 is 87.9 Å². The van der Waals surface area contributed by atoms with Gasteiger partial charge in [0.2, 0.25) is 5.91 Å². The highest BCUT2D eigenvalue weighted by Gasteiger charge is 2.50. The van der Waals surface area contributed by atoms with Crippen molar-refractivity contribution < 1.29 is 63.9 Å². The quantitative estimate of drug-likeness (QED) is 0.0912. The fourth-order valence-electron chi connectivity index (χ4n) is 5.93. The molecule has 1 aromatic carbocycles. The van der Waals surface area contributed by atoms with Crippen molar-refractivity contribution in [2.24, 2.45) is 22.9 Å². The number of hydrogen-bond acceptors (Lipinski definition) is 17. The predicted octanol–water partition coefficient (Wildman–Crippen LogP) is -5.46. The molecule has 2 amide bonds. The van der Waals surface area contributed by atoms with E-state index < -0.39 is 110 Å². The Kier molecular flexibility index (Phi) is 14.4. The van der Waals surface area contributed by atoms with Crippen LogP contribution in [0.2, 0.25) is 0 Å². The van der Waals surface area contributed by atoms with Crippen molar-refractivity contribution >= 4 is 12.0 Å². The van der Waals surface area contributed by atoms with E-state index in [1.165, 1.54) is 0 Å². The SMILES string of the molecule is N[C@@H]1[C@@H](O)[C@@H](O[C@@H]2[C@@H](O)[C@H](O[C@H]3O[C@H](CNC(=O)[C@@H](O)CCNC(=O)OCc4ccccc4)[C@@H](O)C[C@H]3N)[C@@H](N)C[C@H]2N)O[C@H](CO)[C@H]1O. The smallest absolute Gasteiger partial charge is 0.407 e. The lowest BCUT2D eigenvalue weighted by atomic mass is 9.84. The molecule has 1 saturated carbocycles. The van der Waals surface area contributed by atoms with E-state index in [1.54, 1.807) is 12.1 Å². The lowest BCUT2D eigenvalue weighted by molar-refractivity contribution is -0.315. The molecular weight excluding hydrogens is 652 g/mol. The first-order valence-electron chi connectivity index (χ1n) is 16.2. The van der Waals surface area contributed by atoms with Crippen molar-refractivity contribution in [3.8, 4) is 0 Å². The van der Waals surface area contributed by atoms with E-state index in [0.717, 1.165) is 5.56 Å². The van der Waals surface area contributed by atoms with E-state index >= 15 is 0 Å². The predicted molar refractivity (Wildman–Crippen MR) is 168 cm³/mol. The number of nitrogens with one attached hydrogen (secondary N) is 2. The third-order valence-electron chi connectivity index (χ3n) is 8.86. The van der Waals surface area contributed by atoms with Gasteiger partial charge in [-0.1, -0.05) is 30.3 Å². The summed E-state index contributed by atoms with van der Waals surface area (Å²) in [7, 11) is 0. The molecule has 49 heavy (non-hydrogen) atoms. The van der Waals surface area contributed by atoms with Crippen molar-refractivity contribution in [2.45, 2.75) is 118 Å². The minimum Gasteiger partial charge on any atom is -0.445 e. The summed E-state index contributed by atoms with van der Waals surface area (Å²) >= 11 is 0. The van der Waals surface area contributed by atoms with Gasteiger partial charge >= 0.3 is 6.09 Å². The molecule has 0 aromatic heterocycles. The van der Waals surface area contributed by atoms with E-state index in [-0.39, 0.29) is 39.0 Å². The third kappa shape index (κ3) is 10.2. The number of nitrogens with two attached hydrogens (primary N) is 4. The Hall–Kier alpha value is -2.60. The maximum Gasteiger partial charge on any atom is 0.407 e. The number of ether oxygens (including phenoxy) is 5. The molecule has 2 heterocycles. The summed E-state index contributed by atoms with van der Waals surface area (Å²) in [4.78, 5) is 24.4. The van der Waals surface area contributed by atoms with Gasteiger partial charge in [0.1, 0.15) is 55.4 Å². The van der Waals surface area contributed by atoms with E-state index in [0.29, 0.717) is 0 Å². The minimum atomic E-state index is -1.52. The van der Waals surface area contributed by atoms with Crippen molar-refractivity contribution in [3.63, 3.8) is 0 Å². The van der Waals surface area contributed by atoms with Crippen LogP contribution in [-0.4, -0.2) is 154 Å². The average molecular weight is 703 g/mol. The molecule has 278 valence electrons. The van der Waals surface area contributed by atoms with Gasteiger partial charge in [0.05, 0.1) is 24.8 Å². The van der Waals surface area contributed by atoms with Crippen molar-refractivity contribution in [1.29, 1.82) is 0 Å². The summed E-state index contributed by atoms with van der Waals surface area (Å²) in [6.07, 6.45) is -14.9. The van der Waals surface area contributed by atoms with Crippen LogP contribution in [0, 0.1) is 0 Å². The molecule has 2 saturated heterocycles. The van der Waals surface area contributed by atoms with Gasteiger partial charge in [0.25, 0.3) is 0 Å². The highest BCUT2D eigenvalue weighted by atomic mass is 16.7. The van der Waals surface area contributed by atoms with Crippen LogP contribution in [0.5, 0.6) is 0 Å². The second-order valence-corrected chi connectivity index (χ2v) is 12.6. The molecule has 4 rings (SSSR count). The van der Waals surface area contributed by atoms with Crippen LogP contribution >= 0.6 is 0 Å². The summed E-state index contributed by atoms with van der Waals surface area (Å²) in [5.41, 5.74) is 25.4. The molecule has 1 aliphatic carbocycles. The molecule has 19 nitrogen and oxygen atoms in total. The molecule has 1 aromatic rings. The topological polar surface area (TPSA) is 330 Å². The number of alkyl carbamates (subject to hydrolysis) is 1. The Morgan fingerprint density at radius 1 is 0.837 bits per heavy atom. The third-order valence-corrected chi connectivity index (χ3v) is 8.86. The number of aliphatic hydroxyl groups excluding tert-OH is 6. The molecule has 0 radical (unpaired) electrons. The summed E-state index contributed by atoms with van der Waals surface area (Å²) < 4.78 is 28.2. The Labute approximate surface area is 282 Å². The first-order chi connectivity index (χ1) is 23.3. The first-order valence-corrected chi connectivity index (χ1v) is 16.2. The fourth-order valence-corrected chi connectivity index (χ4v) is 5.93. The van der Waals surface area contributed by atoms with Crippen LogP contribution in [-0.2, 0) is 35.1 Å². The lowest BCUT2D eigenvalue weighted by Gasteiger charge is -2.47. The summed E-state index contributed by atoms with van der Waals surface area (Å²) in [6.45, 7) is -0.824. The average Bonchev–Trinajstić information content (AvgIpc) is 3.07. The maximum absolute atomic E-state index is 12.5. The second-order valence-electron chi connectivity index (χ2n) is 12.6. The molecule has 2 aliphatic heterocycles. The van der Waals surface area contributed by atoms with Crippen LogP contribution in [0.3, 0.4) is 0 Å². The number of aliphatic hydroxyl groups is 6. The molecular formula is C30H50N6O13. The molecule has 16 N–H and O–H groups in total. The monoisotopic (exact) mass is 702 g/mol. The Morgan fingerprint density at radius 2 is 1.47 bits per heavy atom. The van der Waals surface area contributed by atoms with Gasteiger partial charge in [-0.2, -0.15) is 0 Å². The maximum atomic E-state index is 12.5. The largest absolute Gasteiger partial charge is 0.445 e. The summed E-state index contributed by atoms with van der Waals surface area (Å²) in [5.74, 6) is -0.774. The zero-order valence-electron chi connectivity index (χ0n) is 26.8. The van der Waals surface area contributed by atoms with Gasteiger partial charge in [0, 0.05) is 25.2 Å². The van der Waals surface area contributed by atoms with Gasteiger partial charge in [-0.15, -0.1) is 0 Å². The molecule has 0 spiro atoms. The van der Waals surface area contributed by atoms with E-state index in [1.807, 2.05) is 18.2 Å². The Bertz CT molecular complexity index is 1190. The summed E-state index contributed by atoms with van der Waals surface area (Å²) in [5, 5.41) is 67.2. The van der Waals surface area contributed by atoms with E-state index in [9.17, 15) is 40.2 Å². The van der Waals surface area contributed by atoms with Gasteiger partial charge in [0.15, 0.2) is 12.6 Å². The molecule has 15 atom stereocenters. The lowest BCUT2D eigenvalue weighted by Crippen LogP contribution is -2.68. The van der Waals surface area contributed by atoms with Crippen LogP contribution in [0.25, 0.3) is 0 Å². The van der Waals surface area contributed by atoms with Crippen molar-refractivity contribution in [3.05, 3.63) is 35.9 Å². The highest BCUT2D eigenvalue weighted by molar-refractivity contribution is 5.80. The van der Waals surface area contributed by atoms with Gasteiger partial charge in [-0.25, -0.2) is 4.79 Å². The van der Waals surface area contributed by atoms with Gasteiger partial charge in [-0.05, 0) is 24.8 Å². The Morgan fingerprint density at radius 3 is 2.12 bits per heavy atom. The number of rotatable bonds is 13. The second kappa shape index (κ2) is 18.1. The number of benzene rings is 1. The van der Waals surface area contributed by atoms with Crippen LogP contribution in [0.15, 0.2) is 30.3 Å². The number of carbonyl (C=O) groups excluding carboxylic acids is 2. The van der Waals surface area contributed by atoms with Crippen LogP contribution in [0.4, 0.5) is 4.79 Å². The molecule has 0 unspecified atom stereocenters. The summed E-state index contributed by atoms with van der Waals surface area (Å²) in [6, 6.07) is 5.29. The minimum absolute atomic E-state index is 0.00879. The molecule has 3 fully saturated rings. The standard InChI is InChI=1S/C30H50N6O13/c31-14-8-15(32)26(49-29-23(41)21(34)22(40)20(11-37)47-29)24(42)25(14)48-28-16(33)9-18(39)19(46-28)10-36-27(43)17(38)6-7-35-30(44)45-12-13-4-2-1-3-5-13/h1-5,14-26,28-29,37-42H,6-12,31-34H2,(H,35,44)(H,36,43)/t14-,15+,16+,17-,18-,19+,20+,21-,22+,23+,24-,25+,26-,28+,29+/m0/s1. The van der Waals surface area contributed by atoms with E-state index in [4.69, 9.17) is 46.6 Å². The van der Waals surface area contributed by atoms with Gasteiger partial charge in [-0.3, -0.25) is 4.79 Å². The molecule has 19 heteroatoms. The first kappa shape index (κ1) is 39.2. The van der Waals surface area contributed by atoms with Crippen molar-refractivity contribution in [1.82, 2.24) is 10.6 Å². The number of amides is 2. The number of hydrogen-bond donors (Lipinski definition) is 12. The van der Waals surface area contributed by atoms with Crippen LogP contribution < -0.4 is 33.6 Å². The molecule has 3 aliphatic rings. The zero-order valence-corrected chi connectivity index (χ0v) is 26.8. The highest BCUT2D eigenvalue weighted by Crippen LogP contribution is 2.31. The normalized spacial score (nSPS) is 38.7. The van der Waals surface area contributed by atoms with E-state index in [2.05, 4.69) is 10.6 Å². The van der Waals surface area contributed by atoms with Crippen LogP contribution in [0.1, 0.15) is 24.8 Å². The number of carbonyl (C=O) groups is 2. The van der Waals surface area contributed by atoms with Crippen molar-refractivity contribution in [2.75, 3.05) is 19.7 Å². The zero-order chi connectivity index (χ0) is 35.8. The fraction of sp³-hybridized carbons (Fsp3) is 0.733.